The van der Waals surface area contributed by atoms with Crippen LogP contribution >= 0.6 is 15.9 Å². The summed E-state index contributed by atoms with van der Waals surface area (Å²) in [7, 11) is 0. The highest BCUT2D eigenvalue weighted by Gasteiger charge is 2.20. The molecule has 1 aliphatic rings. The van der Waals surface area contributed by atoms with Crippen LogP contribution < -0.4 is 4.90 Å². The first-order chi connectivity index (χ1) is 9.19. The van der Waals surface area contributed by atoms with Crippen LogP contribution in [0.4, 0.5) is 5.82 Å². The van der Waals surface area contributed by atoms with Gasteiger partial charge in [0.2, 0.25) is 0 Å². The van der Waals surface area contributed by atoms with E-state index in [0.29, 0.717) is 13.2 Å². The lowest BCUT2D eigenvalue weighted by molar-refractivity contribution is -0.144. The van der Waals surface area contributed by atoms with Crippen molar-refractivity contribution in [3.8, 4) is 0 Å². The van der Waals surface area contributed by atoms with Crippen LogP contribution in [0.3, 0.4) is 0 Å². The number of nitrogens with zero attached hydrogens (tertiary/aromatic N) is 3. The first-order valence-electron chi connectivity index (χ1n) is 6.43. The summed E-state index contributed by atoms with van der Waals surface area (Å²) in [5, 5.41) is 0. The molecular formula is C13H18BrN3O2. The number of hydrogen-bond donors (Lipinski definition) is 0. The monoisotopic (exact) mass is 327 g/mol. The zero-order chi connectivity index (χ0) is 13.7. The average molecular weight is 328 g/mol. The molecule has 5 nitrogen and oxygen atoms in total. The SMILES string of the molecule is CCOC(=O)CN1CCN(c2ccc(Br)cn2)CC1. The van der Waals surface area contributed by atoms with Gasteiger partial charge < -0.3 is 9.64 Å². The van der Waals surface area contributed by atoms with E-state index in [9.17, 15) is 4.79 Å². The lowest BCUT2D eigenvalue weighted by Gasteiger charge is -2.34. The van der Waals surface area contributed by atoms with Gasteiger partial charge in [0.25, 0.3) is 0 Å². The molecule has 0 aromatic carbocycles. The van der Waals surface area contributed by atoms with E-state index in [2.05, 4.69) is 30.7 Å². The lowest BCUT2D eigenvalue weighted by Crippen LogP contribution is -2.48. The van der Waals surface area contributed by atoms with Gasteiger partial charge in [-0.3, -0.25) is 9.69 Å². The van der Waals surface area contributed by atoms with Crippen LogP contribution in [0.5, 0.6) is 0 Å². The maximum atomic E-state index is 11.4. The molecule has 1 fully saturated rings. The van der Waals surface area contributed by atoms with Gasteiger partial charge in [-0.25, -0.2) is 4.98 Å². The van der Waals surface area contributed by atoms with Crippen molar-refractivity contribution in [1.29, 1.82) is 0 Å². The minimum absolute atomic E-state index is 0.141. The number of ether oxygens (including phenoxy) is 1. The Morgan fingerprint density at radius 2 is 2.11 bits per heavy atom. The maximum Gasteiger partial charge on any atom is 0.320 e. The Labute approximate surface area is 121 Å². The highest BCUT2D eigenvalue weighted by Crippen LogP contribution is 2.16. The summed E-state index contributed by atoms with van der Waals surface area (Å²) in [6, 6.07) is 4.00. The molecule has 0 aliphatic carbocycles. The van der Waals surface area contributed by atoms with Gasteiger partial charge in [0.15, 0.2) is 0 Å². The quantitative estimate of drug-likeness (QED) is 0.785. The number of aromatic nitrogens is 1. The van der Waals surface area contributed by atoms with E-state index in [1.54, 1.807) is 6.20 Å². The second kappa shape index (κ2) is 6.86. The van der Waals surface area contributed by atoms with Gasteiger partial charge in [-0.2, -0.15) is 0 Å². The molecule has 0 spiro atoms. The number of carbonyl (C=O) groups is 1. The topological polar surface area (TPSA) is 45.7 Å². The van der Waals surface area contributed by atoms with Gasteiger partial charge in [0.05, 0.1) is 13.2 Å². The summed E-state index contributed by atoms with van der Waals surface area (Å²) in [6.07, 6.45) is 1.81. The summed E-state index contributed by atoms with van der Waals surface area (Å²) in [4.78, 5) is 20.1. The molecule has 1 aromatic rings. The molecular weight excluding hydrogens is 310 g/mol. The molecule has 0 atom stereocenters. The predicted molar refractivity (Wildman–Crippen MR) is 77.2 cm³/mol. The molecule has 1 saturated heterocycles. The van der Waals surface area contributed by atoms with Gasteiger partial charge in [0.1, 0.15) is 5.82 Å². The number of piperazine rings is 1. The summed E-state index contributed by atoms with van der Waals surface area (Å²) in [6.45, 7) is 6.14. The summed E-state index contributed by atoms with van der Waals surface area (Å²) in [5.74, 6) is 0.844. The summed E-state index contributed by atoms with van der Waals surface area (Å²) >= 11 is 3.38. The molecule has 0 N–H and O–H groups in total. The average Bonchev–Trinajstić information content (AvgIpc) is 2.41. The van der Waals surface area contributed by atoms with Crippen LogP contribution in [0.2, 0.25) is 0 Å². The van der Waals surface area contributed by atoms with Gasteiger partial charge in [-0.1, -0.05) is 0 Å². The third-order valence-corrected chi connectivity index (χ3v) is 3.54. The van der Waals surface area contributed by atoms with E-state index in [-0.39, 0.29) is 5.97 Å². The van der Waals surface area contributed by atoms with Gasteiger partial charge in [-0.05, 0) is 35.0 Å². The standard InChI is InChI=1S/C13H18BrN3O2/c1-2-19-13(18)10-16-5-7-17(8-6-16)12-4-3-11(14)9-15-12/h3-4,9H,2,5-8,10H2,1H3. The zero-order valence-corrected chi connectivity index (χ0v) is 12.6. The maximum absolute atomic E-state index is 11.4. The number of anilines is 1. The number of rotatable bonds is 4. The van der Waals surface area contributed by atoms with E-state index in [1.165, 1.54) is 0 Å². The Bertz CT molecular complexity index is 416. The van der Waals surface area contributed by atoms with Gasteiger partial charge in [0, 0.05) is 36.8 Å². The van der Waals surface area contributed by atoms with E-state index in [0.717, 1.165) is 36.5 Å². The molecule has 1 aromatic heterocycles. The molecule has 0 unspecified atom stereocenters. The third kappa shape index (κ3) is 4.18. The Morgan fingerprint density at radius 1 is 1.37 bits per heavy atom. The van der Waals surface area contributed by atoms with Crippen LogP contribution in [0.1, 0.15) is 6.92 Å². The minimum atomic E-state index is -0.141. The number of halogens is 1. The Balaban J connectivity index is 1.82. The number of pyridine rings is 1. The fourth-order valence-corrected chi connectivity index (χ4v) is 2.31. The summed E-state index contributed by atoms with van der Waals surface area (Å²) < 4.78 is 5.94. The molecule has 0 bridgehead atoms. The largest absolute Gasteiger partial charge is 0.465 e. The number of hydrogen-bond acceptors (Lipinski definition) is 5. The fraction of sp³-hybridized carbons (Fsp3) is 0.538. The zero-order valence-electron chi connectivity index (χ0n) is 11.0. The second-order valence-electron chi connectivity index (χ2n) is 4.40. The van der Waals surface area contributed by atoms with Crippen molar-refractivity contribution in [2.45, 2.75) is 6.92 Å². The molecule has 0 saturated carbocycles. The normalized spacial score (nSPS) is 16.4. The van der Waals surface area contributed by atoms with Crippen molar-refractivity contribution >= 4 is 27.7 Å². The van der Waals surface area contributed by atoms with E-state index in [4.69, 9.17) is 4.74 Å². The third-order valence-electron chi connectivity index (χ3n) is 3.07. The molecule has 0 amide bonds. The van der Waals surface area contributed by atoms with E-state index < -0.39 is 0 Å². The van der Waals surface area contributed by atoms with Crippen LogP contribution in [-0.2, 0) is 9.53 Å². The van der Waals surface area contributed by atoms with Gasteiger partial charge in [-0.15, -0.1) is 0 Å². The molecule has 2 heterocycles. The molecule has 1 aliphatic heterocycles. The molecule has 6 heteroatoms. The molecule has 0 radical (unpaired) electrons. The molecule has 104 valence electrons. The Morgan fingerprint density at radius 3 is 2.68 bits per heavy atom. The van der Waals surface area contributed by atoms with E-state index >= 15 is 0 Å². The van der Waals surface area contributed by atoms with E-state index in [1.807, 2.05) is 19.1 Å². The van der Waals surface area contributed by atoms with Crippen LogP contribution in [0.15, 0.2) is 22.8 Å². The minimum Gasteiger partial charge on any atom is -0.465 e. The first-order valence-corrected chi connectivity index (χ1v) is 7.23. The van der Waals surface area contributed by atoms with Crippen molar-refractivity contribution in [3.05, 3.63) is 22.8 Å². The van der Waals surface area contributed by atoms with Crippen molar-refractivity contribution in [2.24, 2.45) is 0 Å². The van der Waals surface area contributed by atoms with Gasteiger partial charge >= 0.3 is 5.97 Å². The Kier molecular flexibility index (Phi) is 5.15. The van der Waals surface area contributed by atoms with Crippen molar-refractivity contribution in [2.75, 3.05) is 44.2 Å². The number of esters is 1. The smallest absolute Gasteiger partial charge is 0.320 e. The first kappa shape index (κ1) is 14.3. The Hall–Kier alpha value is -1.14. The molecule has 2 rings (SSSR count). The second-order valence-corrected chi connectivity index (χ2v) is 5.32. The molecule has 19 heavy (non-hydrogen) atoms. The van der Waals surface area contributed by atoms with Crippen LogP contribution in [-0.4, -0.2) is 55.2 Å². The van der Waals surface area contributed by atoms with Crippen molar-refractivity contribution < 1.29 is 9.53 Å². The van der Waals surface area contributed by atoms with Crippen molar-refractivity contribution in [1.82, 2.24) is 9.88 Å². The van der Waals surface area contributed by atoms with Crippen LogP contribution in [0, 0.1) is 0 Å². The highest BCUT2D eigenvalue weighted by atomic mass is 79.9. The number of carbonyl (C=O) groups excluding carboxylic acids is 1. The highest BCUT2D eigenvalue weighted by molar-refractivity contribution is 9.10. The fourth-order valence-electron chi connectivity index (χ4n) is 2.08. The lowest BCUT2D eigenvalue weighted by atomic mass is 10.3. The van der Waals surface area contributed by atoms with Crippen molar-refractivity contribution in [3.63, 3.8) is 0 Å². The van der Waals surface area contributed by atoms with Crippen LogP contribution in [0.25, 0.3) is 0 Å². The predicted octanol–water partition coefficient (Wildman–Crippen LogP) is 1.53. The summed E-state index contributed by atoms with van der Waals surface area (Å²) in [5.41, 5.74) is 0.